The summed E-state index contributed by atoms with van der Waals surface area (Å²) in [5.41, 5.74) is 0.0472. The molecule has 0 saturated heterocycles. The molecular weight excluding hydrogens is 383 g/mol. The molecule has 0 atom stereocenters. The maximum Gasteiger partial charge on any atom is 0.284 e. The molecule has 1 amide bonds. The minimum Gasteiger partial charge on any atom is -0.492 e. The van der Waals surface area contributed by atoms with E-state index in [0.717, 1.165) is 0 Å². The van der Waals surface area contributed by atoms with Crippen LogP contribution < -0.4 is 4.74 Å². The number of hydrogen-bond donors (Lipinski definition) is 0. The van der Waals surface area contributed by atoms with Gasteiger partial charge in [-0.05, 0) is 52.3 Å². The lowest BCUT2D eigenvalue weighted by molar-refractivity contribution is -0.385. The normalized spacial score (nSPS) is 10.3. The van der Waals surface area contributed by atoms with Crippen LogP contribution in [0.2, 0.25) is 0 Å². The first-order valence-electron chi connectivity index (χ1n) is 6.96. The van der Waals surface area contributed by atoms with Gasteiger partial charge in [-0.15, -0.1) is 0 Å². The number of nitro groups is 1. The molecule has 0 aliphatic heterocycles. The standard InChI is InChI=1S/C16H14BrFN2O4/c1-19(8-9-24-13-5-3-12(18)4-6-13)16(21)11-2-7-14(17)15(10-11)20(22)23/h2-7,10H,8-9H2,1H3. The second-order valence-electron chi connectivity index (χ2n) is 4.95. The minimum atomic E-state index is -0.557. The molecule has 0 N–H and O–H groups in total. The van der Waals surface area contributed by atoms with Gasteiger partial charge in [0, 0.05) is 18.7 Å². The molecule has 8 heteroatoms. The lowest BCUT2D eigenvalue weighted by Gasteiger charge is -2.17. The van der Waals surface area contributed by atoms with Crippen LogP contribution in [-0.4, -0.2) is 35.9 Å². The van der Waals surface area contributed by atoms with Gasteiger partial charge >= 0.3 is 0 Å². The molecule has 0 spiro atoms. The Labute approximate surface area is 146 Å². The Morgan fingerprint density at radius 2 is 1.96 bits per heavy atom. The molecule has 2 rings (SSSR count). The first-order chi connectivity index (χ1) is 11.4. The van der Waals surface area contributed by atoms with Crippen molar-refractivity contribution in [3.63, 3.8) is 0 Å². The van der Waals surface area contributed by atoms with Gasteiger partial charge in [-0.3, -0.25) is 14.9 Å². The van der Waals surface area contributed by atoms with Crippen molar-refractivity contribution in [2.24, 2.45) is 0 Å². The molecule has 126 valence electrons. The molecule has 0 aromatic heterocycles. The number of hydrogen-bond acceptors (Lipinski definition) is 4. The average molecular weight is 397 g/mol. The van der Waals surface area contributed by atoms with E-state index in [1.807, 2.05) is 0 Å². The summed E-state index contributed by atoms with van der Waals surface area (Å²) in [5, 5.41) is 10.9. The van der Waals surface area contributed by atoms with Gasteiger partial charge in [0.15, 0.2) is 0 Å². The summed E-state index contributed by atoms with van der Waals surface area (Å²) in [7, 11) is 1.57. The number of amides is 1. The maximum absolute atomic E-state index is 12.8. The topological polar surface area (TPSA) is 72.7 Å². The van der Waals surface area contributed by atoms with Gasteiger partial charge in [0.25, 0.3) is 11.6 Å². The van der Waals surface area contributed by atoms with Crippen LogP contribution >= 0.6 is 15.9 Å². The number of halogens is 2. The quantitative estimate of drug-likeness (QED) is 0.551. The van der Waals surface area contributed by atoms with Gasteiger partial charge in [-0.2, -0.15) is 0 Å². The van der Waals surface area contributed by atoms with E-state index in [1.54, 1.807) is 7.05 Å². The Morgan fingerprint density at radius 1 is 1.29 bits per heavy atom. The summed E-state index contributed by atoms with van der Waals surface area (Å²) in [5.74, 6) is -0.212. The first-order valence-corrected chi connectivity index (χ1v) is 7.75. The fourth-order valence-electron chi connectivity index (χ4n) is 1.94. The van der Waals surface area contributed by atoms with Gasteiger partial charge in [0.2, 0.25) is 0 Å². The second-order valence-corrected chi connectivity index (χ2v) is 5.81. The highest BCUT2D eigenvalue weighted by Crippen LogP contribution is 2.26. The van der Waals surface area contributed by atoms with Crippen molar-refractivity contribution in [1.82, 2.24) is 4.90 Å². The Bertz CT molecular complexity index is 752. The molecular formula is C16H14BrFN2O4. The van der Waals surface area contributed by atoms with Gasteiger partial charge in [0.05, 0.1) is 15.9 Å². The smallest absolute Gasteiger partial charge is 0.284 e. The molecule has 0 aliphatic rings. The van der Waals surface area contributed by atoms with E-state index in [9.17, 15) is 19.3 Å². The highest BCUT2D eigenvalue weighted by molar-refractivity contribution is 9.10. The zero-order valence-electron chi connectivity index (χ0n) is 12.7. The third kappa shape index (κ3) is 4.51. The first kappa shape index (κ1) is 17.9. The molecule has 0 fully saturated rings. The van der Waals surface area contributed by atoms with E-state index in [2.05, 4.69) is 15.9 Å². The predicted octanol–water partition coefficient (Wildman–Crippen LogP) is 3.65. The van der Waals surface area contributed by atoms with Gasteiger partial charge in [-0.25, -0.2) is 4.39 Å². The van der Waals surface area contributed by atoms with E-state index in [0.29, 0.717) is 10.2 Å². The van der Waals surface area contributed by atoms with Crippen LogP contribution in [0, 0.1) is 15.9 Å². The Morgan fingerprint density at radius 3 is 2.58 bits per heavy atom. The fraction of sp³-hybridized carbons (Fsp3) is 0.188. The van der Waals surface area contributed by atoms with Crippen molar-refractivity contribution in [3.8, 4) is 5.75 Å². The lowest BCUT2D eigenvalue weighted by atomic mass is 10.2. The maximum atomic E-state index is 12.8. The Kier molecular flexibility index (Phi) is 5.86. The number of rotatable bonds is 6. The second kappa shape index (κ2) is 7.87. The van der Waals surface area contributed by atoms with E-state index in [-0.39, 0.29) is 36.1 Å². The van der Waals surface area contributed by atoms with E-state index >= 15 is 0 Å². The molecule has 0 saturated carbocycles. The SMILES string of the molecule is CN(CCOc1ccc(F)cc1)C(=O)c1ccc(Br)c([N+](=O)[O-])c1. The van der Waals surface area contributed by atoms with Crippen molar-refractivity contribution in [2.75, 3.05) is 20.2 Å². The average Bonchev–Trinajstić information content (AvgIpc) is 2.56. The largest absolute Gasteiger partial charge is 0.492 e. The van der Waals surface area contributed by atoms with Crippen LogP contribution in [0.1, 0.15) is 10.4 Å². The van der Waals surface area contributed by atoms with E-state index in [4.69, 9.17) is 4.74 Å². The molecule has 6 nitrogen and oxygen atoms in total. The summed E-state index contributed by atoms with van der Waals surface area (Å²) < 4.78 is 18.5. The number of carbonyl (C=O) groups is 1. The van der Waals surface area contributed by atoms with Gasteiger partial charge in [-0.1, -0.05) is 0 Å². The van der Waals surface area contributed by atoms with Crippen LogP contribution in [0.4, 0.5) is 10.1 Å². The molecule has 0 aliphatic carbocycles. The number of ether oxygens (including phenoxy) is 1. The third-order valence-corrected chi connectivity index (χ3v) is 3.92. The number of benzene rings is 2. The number of nitro benzene ring substituents is 1. The van der Waals surface area contributed by atoms with Crippen LogP contribution in [0.3, 0.4) is 0 Å². The van der Waals surface area contributed by atoms with E-state index < -0.39 is 4.92 Å². The van der Waals surface area contributed by atoms with Crippen molar-refractivity contribution >= 4 is 27.5 Å². The predicted molar refractivity (Wildman–Crippen MR) is 89.7 cm³/mol. The highest BCUT2D eigenvalue weighted by Gasteiger charge is 2.18. The zero-order valence-corrected chi connectivity index (χ0v) is 14.3. The summed E-state index contributed by atoms with van der Waals surface area (Å²) >= 11 is 3.08. The summed E-state index contributed by atoms with van der Waals surface area (Å²) in [4.78, 5) is 24.1. The van der Waals surface area contributed by atoms with Crippen molar-refractivity contribution in [1.29, 1.82) is 0 Å². The van der Waals surface area contributed by atoms with Crippen LogP contribution in [0.5, 0.6) is 5.75 Å². The molecule has 24 heavy (non-hydrogen) atoms. The number of carbonyl (C=O) groups excluding carboxylic acids is 1. The monoisotopic (exact) mass is 396 g/mol. The summed E-state index contributed by atoms with van der Waals surface area (Å²) in [6.45, 7) is 0.493. The molecule has 0 unspecified atom stereocenters. The fourth-order valence-corrected chi connectivity index (χ4v) is 2.33. The van der Waals surface area contributed by atoms with Crippen LogP contribution in [-0.2, 0) is 0 Å². The van der Waals surface area contributed by atoms with Crippen LogP contribution in [0.25, 0.3) is 0 Å². The molecule has 0 heterocycles. The molecule has 0 radical (unpaired) electrons. The van der Waals surface area contributed by atoms with Gasteiger partial charge in [0.1, 0.15) is 18.2 Å². The lowest BCUT2D eigenvalue weighted by Crippen LogP contribution is -2.30. The molecule has 2 aromatic rings. The number of likely N-dealkylation sites (N-methyl/N-ethyl adjacent to an activating group) is 1. The summed E-state index contributed by atoms with van der Waals surface area (Å²) in [6, 6.07) is 9.76. The van der Waals surface area contributed by atoms with Crippen LogP contribution in [0.15, 0.2) is 46.9 Å². The zero-order chi connectivity index (χ0) is 17.7. The molecule has 2 aromatic carbocycles. The van der Waals surface area contributed by atoms with Crippen molar-refractivity contribution in [2.45, 2.75) is 0 Å². The van der Waals surface area contributed by atoms with Crippen molar-refractivity contribution in [3.05, 3.63) is 68.4 Å². The van der Waals surface area contributed by atoms with E-state index in [1.165, 1.54) is 47.4 Å². The Hall–Kier alpha value is -2.48. The Balaban J connectivity index is 1.95. The molecule has 0 bridgehead atoms. The third-order valence-electron chi connectivity index (χ3n) is 3.25. The van der Waals surface area contributed by atoms with Gasteiger partial charge < -0.3 is 9.64 Å². The van der Waals surface area contributed by atoms with Crippen molar-refractivity contribution < 1.29 is 18.8 Å². The summed E-state index contributed by atoms with van der Waals surface area (Å²) in [6.07, 6.45) is 0. The number of nitrogens with zero attached hydrogens (tertiary/aromatic N) is 2. The highest BCUT2D eigenvalue weighted by atomic mass is 79.9. The minimum absolute atomic E-state index is 0.170.